The molecule has 1 amide bonds. The molecule has 2 aliphatic heterocycles. The lowest BCUT2D eigenvalue weighted by Gasteiger charge is -2.06. The average Bonchev–Trinajstić information content (AvgIpc) is 3.37. The largest absolute Gasteiger partial charge is 0.454 e. The van der Waals surface area contributed by atoms with Crippen molar-refractivity contribution in [2.45, 2.75) is 19.4 Å². The summed E-state index contributed by atoms with van der Waals surface area (Å²) in [5.41, 5.74) is 3.95. The zero-order valence-electron chi connectivity index (χ0n) is 15.1. The van der Waals surface area contributed by atoms with Crippen LogP contribution in [0.5, 0.6) is 11.5 Å². The van der Waals surface area contributed by atoms with E-state index < -0.39 is 5.91 Å². The lowest BCUT2D eigenvalue weighted by atomic mass is 10.1. The van der Waals surface area contributed by atoms with Gasteiger partial charge in [0.05, 0.1) is 22.1 Å². The van der Waals surface area contributed by atoms with E-state index in [0.717, 1.165) is 18.7 Å². The van der Waals surface area contributed by atoms with Crippen molar-refractivity contribution < 1.29 is 14.3 Å². The van der Waals surface area contributed by atoms with Gasteiger partial charge in [-0.2, -0.15) is 5.10 Å². The maximum atomic E-state index is 12.5. The first kappa shape index (κ1) is 17.7. The number of hydrazone groups is 1. The van der Waals surface area contributed by atoms with Gasteiger partial charge in [-0.05, 0) is 42.3 Å². The van der Waals surface area contributed by atoms with Crippen molar-refractivity contribution in [1.82, 2.24) is 15.0 Å². The number of carbonyl (C=O) groups excluding carboxylic acids is 1. The number of hydrogen-bond acceptors (Lipinski definition) is 6. The molecule has 2 aliphatic rings. The monoisotopic (exact) mass is 410 g/mol. The van der Waals surface area contributed by atoms with Crippen LogP contribution in [0.3, 0.4) is 0 Å². The summed E-state index contributed by atoms with van der Waals surface area (Å²) < 4.78 is 12.3. The maximum Gasteiger partial charge on any atom is 0.271 e. The Balaban J connectivity index is 1.36. The molecule has 9 heteroatoms. The Kier molecular flexibility index (Phi) is 4.21. The maximum absolute atomic E-state index is 12.5. The van der Waals surface area contributed by atoms with Crippen LogP contribution in [0.15, 0.2) is 40.2 Å². The molecule has 2 aromatic carbocycles. The number of benzene rings is 2. The summed E-state index contributed by atoms with van der Waals surface area (Å²) in [6, 6.07) is 8.22. The second-order valence-electron chi connectivity index (χ2n) is 6.76. The molecular formula is C20H15ClN4O4. The number of carbonyl (C=O) groups is 1. The Morgan fingerprint density at radius 2 is 2.17 bits per heavy atom. The van der Waals surface area contributed by atoms with Crippen molar-refractivity contribution in [3.63, 3.8) is 0 Å². The van der Waals surface area contributed by atoms with Gasteiger partial charge in [-0.15, -0.1) is 0 Å². The highest BCUT2D eigenvalue weighted by Gasteiger charge is 2.18. The summed E-state index contributed by atoms with van der Waals surface area (Å²) in [4.78, 5) is 29.5. The molecule has 8 nitrogen and oxygen atoms in total. The third-order valence-electron chi connectivity index (χ3n) is 4.91. The quantitative estimate of drug-likeness (QED) is 0.528. The van der Waals surface area contributed by atoms with Crippen LogP contribution in [0.25, 0.3) is 10.9 Å². The molecule has 0 saturated heterocycles. The molecule has 0 bridgehead atoms. The van der Waals surface area contributed by atoms with Crippen molar-refractivity contribution >= 4 is 34.6 Å². The number of halogens is 1. The summed E-state index contributed by atoms with van der Waals surface area (Å²) in [6.07, 6.45) is 3.14. The fourth-order valence-corrected chi connectivity index (χ4v) is 3.79. The first-order valence-electron chi connectivity index (χ1n) is 9.06. The number of ether oxygens (including phenoxy) is 2. The van der Waals surface area contributed by atoms with Gasteiger partial charge in [0.25, 0.3) is 11.5 Å². The highest BCUT2D eigenvalue weighted by Crippen LogP contribution is 2.39. The van der Waals surface area contributed by atoms with Crippen molar-refractivity contribution in [1.29, 1.82) is 0 Å². The van der Waals surface area contributed by atoms with E-state index in [4.69, 9.17) is 21.1 Å². The van der Waals surface area contributed by atoms with Crippen LogP contribution in [0.1, 0.15) is 28.2 Å². The predicted molar refractivity (Wildman–Crippen MR) is 107 cm³/mol. The number of nitrogens with one attached hydrogen (secondary N) is 1. The lowest BCUT2D eigenvalue weighted by Crippen LogP contribution is -2.22. The molecule has 29 heavy (non-hydrogen) atoms. The highest BCUT2D eigenvalue weighted by molar-refractivity contribution is 6.32. The number of aromatic nitrogens is 2. The van der Waals surface area contributed by atoms with Crippen LogP contribution < -0.4 is 20.5 Å². The summed E-state index contributed by atoms with van der Waals surface area (Å²) in [6.45, 7) is 0.813. The molecule has 0 radical (unpaired) electrons. The van der Waals surface area contributed by atoms with Crippen LogP contribution in [0, 0.1) is 0 Å². The molecule has 0 aliphatic carbocycles. The molecule has 0 saturated carbocycles. The Morgan fingerprint density at radius 1 is 1.28 bits per heavy atom. The SMILES string of the molecule is O=C(N/N=C\c1cc(Cl)c2c(c1)OCO2)c1ccc2c(=O)n3c(nc2c1)CCC3. The van der Waals surface area contributed by atoms with Crippen LogP contribution in [0.4, 0.5) is 0 Å². The zero-order valence-corrected chi connectivity index (χ0v) is 15.9. The van der Waals surface area contributed by atoms with E-state index in [1.165, 1.54) is 6.21 Å². The number of amides is 1. The Bertz CT molecular complexity index is 1250. The number of hydrogen-bond donors (Lipinski definition) is 1. The van der Waals surface area contributed by atoms with E-state index in [2.05, 4.69) is 15.5 Å². The van der Waals surface area contributed by atoms with Gasteiger partial charge in [0, 0.05) is 18.5 Å². The summed E-state index contributed by atoms with van der Waals surface area (Å²) in [5, 5.41) is 4.89. The van der Waals surface area contributed by atoms with Crippen LogP contribution in [-0.2, 0) is 13.0 Å². The predicted octanol–water partition coefficient (Wildman–Crippen LogP) is 2.49. The van der Waals surface area contributed by atoms with Crippen molar-refractivity contribution in [2.24, 2.45) is 5.10 Å². The summed E-state index contributed by atoms with van der Waals surface area (Å²) in [5.74, 6) is 1.39. The first-order chi connectivity index (χ1) is 14.1. The second-order valence-corrected chi connectivity index (χ2v) is 7.16. The molecule has 0 spiro atoms. The Labute approximate surface area is 169 Å². The van der Waals surface area contributed by atoms with Crippen molar-refractivity contribution in [3.05, 3.63) is 62.7 Å². The average molecular weight is 411 g/mol. The summed E-state index contributed by atoms with van der Waals surface area (Å²) in [7, 11) is 0. The van der Waals surface area contributed by atoms with Crippen LogP contribution >= 0.6 is 11.6 Å². The molecule has 3 aromatic rings. The van der Waals surface area contributed by atoms with E-state index in [1.54, 1.807) is 34.9 Å². The smallest absolute Gasteiger partial charge is 0.271 e. The number of aryl methyl sites for hydroxylation is 1. The highest BCUT2D eigenvalue weighted by atomic mass is 35.5. The molecule has 1 aromatic heterocycles. The van der Waals surface area contributed by atoms with Gasteiger partial charge in [0.1, 0.15) is 5.82 Å². The second kappa shape index (κ2) is 6.89. The third kappa shape index (κ3) is 3.11. The van der Waals surface area contributed by atoms with E-state index in [1.807, 2.05) is 0 Å². The lowest BCUT2D eigenvalue weighted by molar-refractivity contribution is 0.0955. The fraction of sp³-hybridized carbons (Fsp3) is 0.200. The van der Waals surface area contributed by atoms with Gasteiger partial charge >= 0.3 is 0 Å². The van der Waals surface area contributed by atoms with Gasteiger partial charge < -0.3 is 9.47 Å². The molecule has 0 fully saturated rings. The molecule has 0 atom stereocenters. The minimum Gasteiger partial charge on any atom is -0.454 e. The van der Waals surface area contributed by atoms with E-state index in [9.17, 15) is 9.59 Å². The van der Waals surface area contributed by atoms with E-state index >= 15 is 0 Å². The molecular weight excluding hydrogens is 396 g/mol. The van der Waals surface area contributed by atoms with Crippen LogP contribution in [0.2, 0.25) is 5.02 Å². The minimum absolute atomic E-state index is 0.0628. The van der Waals surface area contributed by atoms with Gasteiger partial charge in [-0.3, -0.25) is 14.2 Å². The van der Waals surface area contributed by atoms with E-state index in [-0.39, 0.29) is 12.4 Å². The summed E-state index contributed by atoms with van der Waals surface area (Å²) >= 11 is 6.13. The topological polar surface area (TPSA) is 94.8 Å². The number of rotatable bonds is 3. The van der Waals surface area contributed by atoms with Gasteiger partial charge in [0.2, 0.25) is 6.79 Å². The van der Waals surface area contributed by atoms with Crippen LogP contribution in [-0.4, -0.2) is 28.5 Å². The van der Waals surface area contributed by atoms with Gasteiger partial charge in [0.15, 0.2) is 11.5 Å². The number of fused-ring (bicyclic) bond motifs is 3. The third-order valence-corrected chi connectivity index (χ3v) is 5.19. The van der Waals surface area contributed by atoms with E-state index in [0.29, 0.717) is 45.1 Å². The standard InChI is InChI=1S/C20H15ClN4O4/c21-14-6-11(7-16-18(14)29-10-28-16)9-22-24-19(26)12-3-4-13-15(8-12)23-17-2-1-5-25(17)20(13)27/h3-4,6-9H,1-2,5,10H2,(H,24,26)/b22-9-. The zero-order chi connectivity index (χ0) is 20.0. The van der Waals surface area contributed by atoms with Gasteiger partial charge in [-0.25, -0.2) is 10.4 Å². The fourth-order valence-electron chi connectivity index (χ4n) is 3.52. The molecule has 0 unspecified atom stereocenters. The normalized spacial score (nSPS) is 14.5. The first-order valence-corrected chi connectivity index (χ1v) is 9.44. The molecule has 1 N–H and O–H groups in total. The van der Waals surface area contributed by atoms with Crippen molar-refractivity contribution in [3.8, 4) is 11.5 Å². The van der Waals surface area contributed by atoms with Crippen molar-refractivity contribution in [2.75, 3.05) is 6.79 Å². The molecule has 146 valence electrons. The Morgan fingerprint density at radius 3 is 3.07 bits per heavy atom. The Hall–Kier alpha value is -3.39. The minimum atomic E-state index is -0.405. The number of nitrogens with zero attached hydrogens (tertiary/aromatic N) is 3. The molecule has 5 rings (SSSR count). The molecule has 3 heterocycles. The van der Waals surface area contributed by atoms with Gasteiger partial charge in [-0.1, -0.05) is 11.6 Å².